The summed E-state index contributed by atoms with van der Waals surface area (Å²) in [6.07, 6.45) is 1.97. The Balaban J connectivity index is 1.88. The molecule has 0 aliphatic rings. The van der Waals surface area contributed by atoms with E-state index in [2.05, 4.69) is 10.5 Å². The van der Waals surface area contributed by atoms with Gasteiger partial charge >= 0.3 is 5.97 Å². The van der Waals surface area contributed by atoms with Gasteiger partial charge < -0.3 is 14.6 Å². The molecule has 0 unspecified atom stereocenters. The molecule has 0 atom stereocenters. The highest BCUT2D eigenvalue weighted by Crippen LogP contribution is 2.17. The highest BCUT2D eigenvalue weighted by atomic mass is 32.2. The van der Waals surface area contributed by atoms with E-state index in [1.165, 1.54) is 0 Å². The number of aromatic nitrogens is 1. The lowest BCUT2D eigenvalue weighted by Gasteiger charge is -2.07. The number of hydrogen-bond acceptors (Lipinski definition) is 6. The van der Waals surface area contributed by atoms with Crippen LogP contribution in [0.25, 0.3) is 0 Å². The Morgan fingerprint density at radius 2 is 1.95 bits per heavy atom. The summed E-state index contributed by atoms with van der Waals surface area (Å²) in [5.41, 5.74) is 1.35. The third-order valence-corrected chi connectivity index (χ3v) is 3.69. The molecule has 2 rings (SSSR count). The topological polar surface area (TPSA) is 81.4 Å². The number of aryl methyl sites for hydroxylation is 2. The zero-order chi connectivity index (χ0) is 16.1. The highest BCUT2D eigenvalue weighted by molar-refractivity contribution is 7.98. The minimum atomic E-state index is -0.621. The molecule has 1 heterocycles. The third-order valence-electron chi connectivity index (χ3n) is 2.95. The van der Waals surface area contributed by atoms with E-state index < -0.39 is 11.9 Å². The first-order chi connectivity index (χ1) is 10.5. The van der Waals surface area contributed by atoms with E-state index in [0.29, 0.717) is 17.1 Å². The SMILES string of the molecule is CSc1ccc(NC(=O)COC(=O)c2c(C)noc2C)cc1. The fourth-order valence-electron chi connectivity index (χ4n) is 1.85. The normalized spacial score (nSPS) is 10.3. The number of hydrogen-bond donors (Lipinski definition) is 1. The quantitative estimate of drug-likeness (QED) is 0.674. The molecule has 22 heavy (non-hydrogen) atoms. The Hall–Kier alpha value is -2.28. The first-order valence-electron chi connectivity index (χ1n) is 6.55. The van der Waals surface area contributed by atoms with Crippen molar-refractivity contribution in [3.8, 4) is 0 Å². The van der Waals surface area contributed by atoms with Gasteiger partial charge in [-0.1, -0.05) is 5.16 Å². The largest absolute Gasteiger partial charge is 0.452 e. The molecule has 0 bridgehead atoms. The van der Waals surface area contributed by atoms with Crippen molar-refractivity contribution < 1.29 is 18.8 Å². The Morgan fingerprint density at radius 3 is 2.50 bits per heavy atom. The van der Waals surface area contributed by atoms with Crippen LogP contribution in [0.3, 0.4) is 0 Å². The highest BCUT2D eigenvalue weighted by Gasteiger charge is 2.19. The van der Waals surface area contributed by atoms with E-state index in [1.807, 2.05) is 18.4 Å². The minimum absolute atomic E-state index is 0.261. The molecule has 6 nitrogen and oxygen atoms in total. The summed E-state index contributed by atoms with van der Waals surface area (Å²) < 4.78 is 9.86. The van der Waals surface area contributed by atoms with Crippen LogP contribution in [0.2, 0.25) is 0 Å². The van der Waals surface area contributed by atoms with Gasteiger partial charge in [0.05, 0.1) is 5.69 Å². The number of amides is 1. The maximum Gasteiger partial charge on any atom is 0.344 e. The smallest absolute Gasteiger partial charge is 0.344 e. The molecule has 116 valence electrons. The van der Waals surface area contributed by atoms with E-state index in [0.717, 1.165) is 4.90 Å². The van der Waals surface area contributed by atoms with Gasteiger partial charge in [-0.2, -0.15) is 0 Å². The van der Waals surface area contributed by atoms with E-state index in [1.54, 1.807) is 37.7 Å². The van der Waals surface area contributed by atoms with Crippen molar-refractivity contribution in [1.82, 2.24) is 5.16 Å². The van der Waals surface area contributed by atoms with E-state index in [-0.39, 0.29) is 12.2 Å². The van der Waals surface area contributed by atoms with Crippen LogP contribution in [0.15, 0.2) is 33.7 Å². The van der Waals surface area contributed by atoms with Crippen LogP contribution in [-0.2, 0) is 9.53 Å². The summed E-state index contributed by atoms with van der Waals surface area (Å²) >= 11 is 1.61. The number of thioether (sulfide) groups is 1. The summed E-state index contributed by atoms with van der Waals surface area (Å²) in [4.78, 5) is 24.8. The second kappa shape index (κ2) is 7.13. The summed E-state index contributed by atoms with van der Waals surface area (Å²) in [6.45, 7) is 2.89. The lowest BCUT2D eigenvalue weighted by atomic mass is 10.2. The molecule has 0 aliphatic heterocycles. The van der Waals surface area contributed by atoms with Crippen molar-refractivity contribution in [2.24, 2.45) is 0 Å². The second-order valence-corrected chi connectivity index (χ2v) is 5.43. The second-order valence-electron chi connectivity index (χ2n) is 4.55. The first-order valence-corrected chi connectivity index (χ1v) is 7.77. The van der Waals surface area contributed by atoms with Crippen molar-refractivity contribution in [3.63, 3.8) is 0 Å². The van der Waals surface area contributed by atoms with Gasteiger partial charge in [0, 0.05) is 10.6 Å². The number of nitrogens with one attached hydrogen (secondary N) is 1. The fourth-order valence-corrected chi connectivity index (χ4v) is 2.26. The molecule has 0 saturated heterocycles. The van der Waals surface area contributed by atoms with Crippen LogP contribution in [0, 0.1) is 13.8 Å². The molecule has 7 heteroatoms. The third kappa shape index (κ3) is 3.88. The van der Waals surface area contributed by atoms with E-state index in [9.17, 15) is 9.59 Å². The molecule has 0 saturated carbocycles. The van der Waals surface area contributed by atoms with Crippen LogP contribution >= 0.6 is 11.8 Å². The molecule has 2 aromatic rings. The van der Waals surface area contributed by atoms with E-state index >= 15 is 0 Å². The van der Waals surface area contributed by atoms with Crippen LogP contribution < -0.4 is 5.32 Å². The number of rotatable bonds is 5. The zero-order valence-electron chi connectivity index (χ0n) is 12.5. The predicted octanol–water partition coefficient (Wildman–Crippen LogP) is 2.81. The van der Waals surface area contributed by atoms with Crippen LogP contribution in [0.1, 0.15) is 21.8 Å². The molecule has 0 spiro atoms. The Labute approximate surface area is 132 Å². The van der Waals surface area contributed by atoms with Gasteiger partial charge in [-0.3, -0.25) is 4.79 Å². The van der Waals surface area contributed by atoms with Gasteiger partial charge in [-0.25, -0.2) is 4.79 Å². The fraction of sp³-hybridized carbons (Fsp3) is 0.267. The molecular weight excluding hydrogens is 304 g/mol. The van der Waals surface area contributed by atoms with Crippen molar-refractivity contribution in [2.75, 3.05) is 18.2 Å². The number of nitrogens with zero attached hydrogens (tertiary/aromatic N) is 1. The number of esters is 1. The molecule has 1 amide bonds. The monoisotopic (exact) mass is 320 g/mol. The van der Waals surface area contributed by atoms with E-state index in [4.69, 9.17) is 9.26 Å². The average Bonchev–Trinajstić information content (AvgIpc) is 2.85. The summed E-state index contributed by atoms with van der Waals surface area (Å²) in [7, 11) is 0. The molecule has 0 aliphatic carbocycles. The maximum absolute atomic E-state index is 11.9. The predicted molar refractivity (Wildman–Crippen MR) is 83.1 cm³/mol. The van der Waals surface area contributed by atoms with Gasteiger partial charge in [0.2, 0.25) is 0 Å². The van der Waals surface area contributed by atoms with Gasteiger partial charge in [-0.05, 0) is 44.4 Å². The Kier molecular flexibility index (Phi) is 5.21. The lowest BCUT2D eigenvalue weighted by Crippen LogP contribution is -2.21. The van der Waals surface area contributed by atoms with Crippen molar-refractivity contribution in [2.45, 2.75) is 18.7 Å². The summed E-state index contributed by atoms with van der Waals surface area (Å²) in [5, 5.41) is 6.33. The lowest BCUT2D eigenvalue weighted by molar-refractivity contribution is -0.119. The number of anilines is 1. The molecule has 0 fully saturated rings. The molecule has 1 aromatic carbocycles. The zero-order valence-corrected chi connectivity index (χ0v) is 13.3. The maximum atomic E-state index is 11.9. The molecular formula is C15H16N2O4S. The molecule has 0 radical (unpaired) electrons. The first kappa shape index (κ1) is 16.1. The standard InChI is InChI=1S/C15H16N2O4S/c1-9-14(10(2)21-17-9)15(19)20-8-13(18)16-11-4-6-12(22-3)7-5-11/h4-7H,8H2,1-3H3,(H,16,18). The number of ether oxygens (including phenoxy) is 1. The van der Waals surface area contributed by atoms with Crippen molar-refractivity contribution in [1.29, 1.82) is 0 Å². The van der Waals surface area contributed by atoms with Crippen molar-refractivity contribution >= 4 is 29.3 Å². The molecule has 1 aromatic heterocycles. The number of carbonyl (C=O) groups excluding carboxylic acids is 2. The van der Waals surface area contributed by atoms with Crippen molar-refractivity contribution in [3.05, 3.63) is 41.3 Å². The molecule has 1 N–H and O–H groups in total. The van der Waals surface area contributed by atoms with Gasteiger partial charge in [0.25, 0.3) is 5.91 Å². The number of benzene rings is 1. The Morgan fingerprint density at radius 1 is 1.27 bits per heavy atom. The summed E-state index contributed by atoms with van der Waals surface area (Å²) in [5.74, 6) is -0.656. The van der Waals surface area contributed by atoms with Crippen LogP contribution in [0.5, 0.6) is 0 Å². The Bertz CT molecular complexity index is 660. The van der Waals surface area contributed by atoms with Gasteiger partial charge in [0.1, 0.15) is 11.3 Å². The number of carbonyl (C=O) groups is 2. The van der Waals surface area contributed by atoms with Gasteiger partial charge in [0.15, 0.2) is 6.61 Å². The summed E-state index contributed by atoms with van der Waals surface area (Å²) in [6, 6.07) is 7.38. The van der Waals surface area contributed by atoms with Crippen LogP contribution in [-0.4, -0.2) is 29.9 Å². The van der Waals surface area contributed by atoms with Gasteiger partial charge in [-0.15, -0.1) is 11.8 Å². The van der Waals surface area contributed by atoms with Crippen LogP contribution in [0.4, 0.5) is 5.69 Å². The minimum Gasteiger partial charge on any atom is -0.452 e. The average molecular weight is 320 g/mol.